The van der Waals surface area contributed by atoms with E-state index in [2.05, 4.69) is 0 Å². The highest BCUT2D eigenvalue weighted by Crippen LogP contribution is 2.14. The van der Waals surface area contributed by atoms with Gasteiger partial charge in [0, 0.05) is 18.3 Å². The fourth-order valence-electron chi connectivity index (χ4n) is 0.908. The second-order valence-corrected chi connectivity index (χ2v) is 5.24. The van der Waals surface area contributed by atoms with Crippen LogP contribution in [-0.2, 0) is 9.59 Å². The number of hydrogen-bond donors (Lipinski definition) is 1. The molecule has 0 aromatic rings. The van der Waals surface area contributed by atoms with E-state index in [1.807, 2.05) is 20.8 Å². The minimum Gasteiger partial charge on any atom is -0.481 e. The number of rotatable bonds is 6. The zero-order valence-corrected chi connectivity index (χ0v) is 10.5. The van der Waals surface area contributed by atoms with Gasteiger partial charge < -0.3 is 10.0 Å². The van der Waals surface area contributed by atoms with Gasteiger partial charge in [-0.3, -0.25) is 9.59 Å². The second kappa shape index (κ2) is 6.71. The van der Waals surface area contributed by atoms with Crippen molar-refractivity contribution >= 4 is 23.6 Å². The van der Waals surface area contributed by atoms with Crippen LogP contribution in [0.2, 0.25) is 0 Å². The first kappa shape index (κ1) is 14.3. The van der Waals surface area contributed by atoms with Gasteiger partial charge in [-0.05, 0) is 13.8 Å². The van der Waals surface area contributed by atoms with Crippen molar-refractivity contribution in [3.8, 4) is 0 Å². The van der Waals surface area contributed by atoms with E-state index in [0.29, 0.717) is 5.75 Å². The average molecular weight is 233 g/mol. The number of carboxylic acid groups (broad SMARTS) is 1. The van der Waals surface area contributed by atoms with E-state index >= 15 is 0 Å². The quantitative estimate of drug-likeness (QED) is 0.754. The van der Waals surface area contributed by atoms with Crippen molar-refractivity contribution in [2.75, 3.05) is 12.8 Å². The second-order valence-electron chi connectivity index (χ2n) is 3.82. The first-order valence-electron chi connectivity index (χ1n) is 4.93. The van der Waals surface area contributed by atoms with Crippen molar-refractivity contribution in [2.45, 2.75) is 38.5 Å². The number of carbonyl (C=O) groups is 2. The molecule has 0 radical (unpaired) electrons. The van der Waals surface area contributed by atoms with Crippen molar-refractivity contribution in [1.82, 2.24) is 4.90 Å². The van der Waals surface area contributed by atoms with Crippen LogP contribution in [0.3, 0.4) is 0 Å². The van der Waals surface area contributed by atoms with Gasteiger partial charge in [0.05, 0.1) is 12.2 Å². The molecule has 15 heavy (non-hydrogen) atoms. The highest BCUT2D eigenvalue weighted by atomic mass is 32.2. The normalized spacial score (nSPS) is 12.6. The molecular weight excluding hydrogens is 214 g/mol. The zero-order chi connectivity index (χ0) is 12.0. The Kier molecular flexibility index (Phi) is 6.40. The molecule has 88 valence electrons. The summed E-state index contributed by atoms with van der Waals surface area (Å²) >= 11 is 1.39. The molecule has 0 spiro atoms. The van der Waals surface area contributed by atoms with Crippen LogP contribution < -0.4 is 0 Å². The molecule has 0 saturated heterocycles. The number of carbonyl (C=O) groups excluding carboxylic acids is 1. The Morgan fingerprint density at radius 2 is 1.87 bits per heavy atom. The summed E-state index contributed by atoms with van der Waals surface area (Å²) in [5.74, 6) is -0.421. The van der Waals surface area contributed by atoms with Gasteiger partial charge in [-0.2, -0.15) is 0 Å². The fraction of sp³-hybridized carbons (Fsp3) is 0.800. The predicted octanol–water partition coefficient (Wildman–Crippen LogP) is 1.45. The van der Waals surface area contributed by atoms with Gasteiger partial charge in [0.2, 0.25) is 5.91 Å². The molecule has 0 aliphatic heterocycles. The molecule has 0 aromatic carbocycles. The number of aliphatic carboxylic acids is 1. The molecule has 1 N–H and O–H groups in total. The fourth-order valence-corrected chi connectivity index (χ4v) is 1.80. The first-order chi connectivity index (χ1) is 6.84. The maximum absolute atomic E-state index is 11.5. The summed E-state index contributed by atoms with van der Waals surface area (Å²) in [7, 11) is 1.76. The topological polar surface area (TPSA) is 57.6 Å². The van der Waals surface area contributed by atoms with Crippen LogP contribution in [0.4, 0.5) is 0 Å². The molecule has 1 amide bonds. The summed E-state index contributed by atoms with van der Waals surface area (Å²) in [6, 6.07) is 0.188. The average Bonchev–Trinajstić information content (AvgIpc) is 2.11. The molecule has 0 aromatic heterocycles. The summed E-state index contributed by atoms with van der Waals surface area (Å²) in [6.07, 6.45) is 0.101. The third kappa shape index (κ3) is 6.38. The van der Waals surface area contributed by atoms with Gasteiger partial charge in [0.25, 0.3) is 0 Å². The molecule has 0 aliphatic carbocycles. The van der Waals surface area contributed by atoms with Crippen LogP contribution in [0.25, 0.3) is 0 Å². The van der Waals surface area contributed by atoms with Crippen LogP contribution in [0.15, 0.2) is 0 Å². The molecule has 5 heteroatoms. The van der Waals surface area contributed by atoms with Crippen molar-refractivity contribution < 1.29 is 14.7 Å². The third-order valence-corrected chi connectivity index (χ3v) is 3.27. The van der Waals surface area contributed by atoms with Gasteiger partial charge in [0.15, 0.2) is 0 Å². The van der Waals surface area contributed by atoms with Gasteiger partial charge >= 0.3 is 5.97 Å². The maximum atomic E-state index is 11.5. The smallest absolute Gasteiger partial charge is 0.304 e. The Morgan fingerprint density at radius 1 is 1.33 bits per heavy atom. The van der Waals surface area contributed by atoms with E-state index < -0.39 is 5.97 Å². The molecule has 4 nitrogen and oxygen atoms in total. The summed E-state index contributed by atoms with van der Waals surface area (Å²) in [6.45, 7) is 5.72. The first-order valence-corrected chi connectivity index (χ1v) is 5.98. The van der Waals surface area contributed by atoms with Crippen LogP contribution >= 0.6 is 11.8 Å². The van der Waals surface area contributed by atoms with Crippen LogP contribution in [0.5, 0.6) is 0 Å². The molecule has 0 saturated carbocycles. The Labute approximate surface area is 95.0 Å². The largest absolute Gasteiger partial charge is 0.481 e. The van der Waals surface area contributed by atoms with Crippen LogP contribution in [-0.4, -0.2) is 46.0 Å². The third-order valence-electron chi connectivity index (χ3n) is 2.12. The summed E-state index contributed by atoms with van der Waals surface area (Å²) in [4.78, 5) is 23.6. The minimum absolute atomic E-state index is 0.0213. The Morgan fingerprint density at radius 3 is 2.27 bits per heavy atom. The van der Waals surface area contributed by atoms with E-state index in [9.17, 15) is 9.59 Å². The van der Waals surface area contributed by atoms with E-state index in [1.165, 1.54) is 11.8 Å². The maximum Gasteiger partial charge on any atom is 0.304 e. The minimum atomic E-state index is -0.820. The number of nitrogens with zero attached hydrogens (tertiary/aromatic N) is 1. The summed E-state index contributed by atoms with van der Waals surface area (Å²) in [5.41, 5.74) is 0. The van der Waals surface area contributed by atoms with E-state index in [1.54, 1.807) is 11.9 Å². The van der Waals surface area contributed by atoms with E-state index in [4.69, 9.17) is 5.11 Å². The highest BCUT2D eigenvalue weighted by Gasteiger charge is 2.14. The lowest BCUT2D eigenvalue weighted by atomic mass is 10.3. The molecular formula is C10H19NO3S. The van der Waals surface area contributed by atoms with Crippen molar-refractivity contribution in [3.63, 3.8) is 0 Å². The Hall–Kier alpha value is -0.710. The number of hydrogen-bond acceptors (Lipinski definition) is 3. The monoisotopic (exact) mass is 233 g/mol. The highest BCUT2D eigenvalue weighted by molar-refractivity contribution is 8.00. The molecule has 0 rings (SSSR count). The van der Waals surface area contributed by atoms with Crippen molar-refractivity contribution in [2.24, 2.45) is 0 Å². The molecule has 0 heterocycles. The number of carboxylic acids is 1. The Balaban J connectivity index is 3.85. The SMILES string of the molecule is CC(CC(=O)O)SCC(=O)N(C)C(C)C. The standard InChI is InChI=1S/C10H19NO3S/c1-7(2)11(4)9(12)6-15-8(3)5-10(13)14/h7-8H,5-6H2,1-4H3,(H,13,14). The van der Waals surface area contributed by atoms with Gasteiger partial charge in [-0.25, -0.2) is 0 Å². The van der Waals surface area contributed by atoms with Crippen molar-refractivity contribution in [3.05, 3.63) is 0 Å². The van der Waals surface area contributed by atoms with E-state index in [0.717, 1.165) is 0 Å². The van der Waals surface area contributed by atoms with Gasteiger partial charge in [-0.1, -0.05) is 6.92 Å². The lowest BCUT2D eigenvalue weighted by molar-refractivity contribution is -0.137. The Bertz CT molecular complexity index is 231. The predicted molar refractivity (Wildman–Crippen MR) is 62.1 cm³/mol. The van der Waals surface area contributed by atoms with Crippen LogP contribution in [0, 0.1) is 0 Å². The molecule has 1 atom stereocenters. The lowest BCUT2D eigenvalue weighted by Crippen LogP contribution is -2.34. The summed E-state index contributed by atoms with van der Waals surface area (Å²) < 4.78 is 0. The molecule has 0 aliphatic rings. The van der Waals surface area contributed by atoms with E-state index in [-0.39, 0.29) is 23.6 Å². The number of thioether (sulfide) groups is 1. The molecule has 0 fully saturated rings. The number of amides is 1. The molecule has 0 bridgehead atoms. The zero-order valence-electron chi connectivity index (χ0n) is 9.69. The van der Waals surface area contributed by atoms with Crippen LogP contribution in [0.1, 0.15) is 27.2 Å². The molecule has 1 unspecified atom stereocenters. The van der Waals surface area contributed by atoms with Gasteiger partial charge in [0.1, 0.15) is 0 Å². The lowest BCUT2D eigenvalue weighted by Gasteiger charge is -2.21. The van der Waals surface area contributed by atoms with Crippen molar-refractivity contribution in [1.29, 1.82) is 0 Å². The summed E-state index contributed by atoms with van der Waals surface area (Å²) in [5, 5.41) is 8.52. The van der Waals surface area contributed by atoms with Gasteiger partial charge in [-0.15, -0.1) is 11.8 Å².